The summed E-state index contributed by atoms with van der Waals surface area (Å²) in [6, 6.07) is 17.6. The van der Waals surface area contributed by atoms with Gasteiger partial charge in [0.2, 0.25) is 0 Å². The van der Waals surface area contributed by atoms with E-state index >= 15 is 0 Å². The smallest absolute Gasteiger partial charge is 0.270 e. The molecule has 0 unspecified atom stereocenters. The molecule has 1 saturated heterocycles. The van der Waals surface area contributed by atoms with E-state index in [4.69, 9.17) is 0 Å². The van der Waals surface area contributed by atoms with E-state index in [1.807, 2.05) is 29.5 Å². The van der Waals surface area contributed by atoms with Gasteiger partial charge in [0.1, 0.15) is 5.70 Å². The van der Waals surface area contributed by atoms with E-state index in [-0.39, 0.29) is 5.91 Å². The molecule has 5 nitrogen and oxygen atoms in total. The lowest BCUT2D eigenvalue weighted by Crippen LogP contribution is -2.38. The molecule has 0 radical (unpaired) electrons. The summed E-state index contributed by atoms with van der Waals surface area (Å²) in [5.41, 5.74) is 7.63. The van der Waals surface area contributed by atoms with Crippen LogP contribution in [-0.4, -0.2) is 23.9 Å². The number of hydrogen-bond acceptors (Lipinski definition) is 4. The minimum atomic E-state index is -0.0842. The largest absolute Gasteiger partial charge is 0.371 e. The Morgan fingerprint density at radius 3 is 2.47 bits per heavy atom. The van der Waals surface area contributed by atoms with E-state index in [9.17, 15) is 4.79 Å². The van der Waals surface area contributed by atoms with Crippen LogP contribution in [0.2, 0.25) is 0 Å². The molecule has 1 fully saturated rings. The number of carbonyl (C=O) groups is 1. The van der Waals surface area contributed by atoms with E-state index in [2.05, 4.69) is 93.8 Å². The summed E-state index contributed by atoms with van der Waals surface area (Å²) in [4.78, 5) is 17.6. The van der Waals surface area contributed by atoms with Crippen molar-refractivity contribution >= 4 is 27.5 Å². The number of carbonyl (C=O) groups excluding carboxylic acids is 1. The maximum atomic E-state index is 13.2. The highest BCUT2D eigenvalue weighted by molar-refractivity contribution is 9.11. The van der Waals surface area contributed by atoms with Crippen LogP contribution in [0.4, 0.5) is 5.69 Å². The highest BCUT2D eigenvalue weighted by Crippen LogP contribution is 2.31. The van der Waals surface area contributed by atoms with Crippen molar-refractivity contribution in [3.05, 3.63) is 111 Å². The van der Waals surface area contributed by atoms with E-state index in [0.29, 0.717) is 18.2 Å². The Balaban J connectivity index is 1.18. The first-order chi connectivity index (χ1) is 17.5. The van der Waals surface area contributed by atoms with Crippen LogP contribution < -0.4 is 15.5 Å². The second-order valence-corrected chi connectivity index (χ2v) is 10.5. The van der Waals surface area contributed by atoms with Crippen LogP contribution >= 0.6 is 15.9 Å². The van der Waals surface area contributed by atoms with Crippen molar-refractivity contribution in [1.29, 1.82) is 0 Å². The molecule has 2 aromatic rings. The predicted octanol–water partition coefficient (Wildman–Crippen LogP) is 6.17. The van der Waals surface area contributed by atoms with Gasteiger partial charge in [-0.25, -0.2) is 0 Å². The molecule has 0 atom stereocenters. The first-order valence-electron chi connectivity index (χ1n) is 12.7. The Morgan fingerprint density at radius 2 is 1.78 bits per heavy atom. The Bertz CT molecular complexity index is 1230. The van der Waals surface area contributed by atoms with Gasteiger partial charge in [-0.05, 0) is 83.4 Å². The lowest BCUT2D eigenvalue weighted by atomic mass is 9.89. The summed E-state index contributed by atoms with van der Waals surface area (Å²) < 4.78 is 0.931. The highest BCUT2D eigenvalue weighted by atomic mass is 79.9. The van der Waals surface area contributed by atoms with Crippen LogP contribution in [0.15, 0.2) is 94.7 Å². The molecule has 2 N–H and O–H groups in total. The molecule has 186 valence electrons. The van der Waals surface area contributed by atoms with E-state index in [0.717, 1.165) is 41.0 Å². The van der Waals surface area contributed by atoms with Crippen molar-refractivity contribution in [2.24, 2.45) is 0 Å². The average molecular weight is 546 g/mol. The van der Waals surface area contributed by atoms with Gasteiger partial charge in [0.05, 0.1) is 5.70 Å². The summed E-state index contributed by atoms with van der Waals surface area (Å²) >= 11 is 3.53. The molecule has 0 saturated carbocycles. The van der Waals surface area contributed by atoms with Crippen molar-refractivity contribution in [3.8, 4) is 0 Å². The molecule has 5 rings (SSSR count). The van der Waals surface area contributed by atoms with E-state index < -0.39 is 0 Å². The third-order valence-electron chi connectivity index (χ3n) is 7.23. The van der Waals surface area contributed by atoms with Gasteiger partial charge < -0.3 is 20.4 Å². The Hall–Kier alpha value is -3.25. The molecule has 0 spiro atoms. The predicted molar refractivity (Wildman–Crippen MR) is 150 cm³/mol. The Morgan fingerprint density at radius 1 is 1.06 bits per heavy atom. The van der Waals surface area contributed by atoms with Crippen LogP contribution in [0, 0.1) is 6.92 Å². The van der Waals surface area contributed by atoms with Crippen molar-refractivity contribution in [2.75, 3.05) is 18.0 Å². The minimum Gasteiger partial charge on any atom is -0.371 e. The molecule has 6 heteroatoms. The molecule has 2 aromatic carbocycles. The number of nitrogens with zero attached hydrogens (tertiary/aromatic N) is 2. The molecule has 1 amide bonds. The third-order valence-corrected chi connectivity index (χ3v) is 7.70. The van der Waals surface area contributed by atoms with E-state index in [1.165, 1.54) is 29.7 Å². The number of aryl methyl sites for hydroxylation is 1. The summed E-state index contributed by atoms with van der Waals surface area (Å²) in [5, 5.41) is 6.41. The van der Waals surface area contributed by atoms with E-state index in [1.54, 1.807) is 0 Å². The van der Waals surface area contributed by atoms with Gasteiger partial charge in [-0.15, -0.1) is 0 Å². The number of anilines is 1. The molecule has 0 aliphatic carbocycles. The third kappa shape index (κ3) is 5.29. The lowest BCUT2D eigenvalue weighted by molar-refractivity contribution is -0.118. The standard InChI is InChI=1S/C30H33BrN4O/c1-3-28-29(35-20-25(31)10-13-27(35)19-32-28)30(36)33-18-22-6-11-26(12-7-22)34-16-14-24(15-17-34)23-8-4-21(2)5-9-23/h4-13,19-20,24,32H,3,14-18H2,1-2H3,(H,33,36). The monoisotopic (exact) mass is 544 g/mol. The molecule has 3 aliphatic rings. The molecule has 0 bridgehead atoms. The second-order valence-electron chi connectivity index (χ2n) is 9.63. The van der Waals surface area contributed by atoms with Crippen molar-refractivity contribution in [3.63, 3.8) is 0 Å². The summed E-state index contributed by atoms with van der Waals surface area (Å²) in [5.74, 6) is 0.563. The molecular formula is C30H33BrN4O. The minimum absolute atomic E-state index is 0.0842. The fourth-order valence-electron chi connectivity index (χ4n) is 5.09. The molecule has 3 aliphatic heterocycles. The summed E-state index contributed by atoms with van der Waals surface area (Å²) in [6.07, 6.45) is 10.9. The van der Waals surface area contributed by atoms with Gasteiger partial charge in [0.25, 0.3) is 5.91 Å². The highest BCUT2D eigenvalue weighted by Gasteiger charge is 2.27. The van der Waals surface area contributed by atoms with Gasteiger partial charge >= 0.3 is 0 Å². The van der Waals surface area contributed by atoms with Gasteiger partial charge in [-0.3, -0.25) is 4.79 Å². The van der Waals surface area contributed by atoms with Crippen LogP contribution in [-0.2, 0) is 11.3 Å². The van der Waals surface area contributed by atoms with Gasteiger partial charge in [0.15, 0.2) is 0 Å². The maximum absolute atomic E-state index is 13.2. The average Bonchev–Trinajstić information content (AvgIpc) is 2.92. The second kappa shape index (κ2) is 10.8. The first kappa shape index (κ1) is 24.4. The van der Waals surface area contributed by atoms with Crippen molar-refractivity contribution in [2.45, 2.75) is 45.6 Å². The van der Waals surface area contributed by atoms with Gasteiger partial charge in [0, 0.05) is 47.9 Å². The Kier molecular flexibility index (Phi) is 7.33. The molecule has 3 heterocycles. The summed E-state index contributed by atoms with van der Waals surface area (Å²) in [6.45, 7) is 6.82. The number of allylic oxidation sites excluding steroid dienone is 4. The number of piperidine rings is 1. The maximum Gasteiger partial charge on any atom is 0.270 e. The fraction of sp³-hybridized carbons (Fsp3) is 0.300. The van der Waals surface area contributed by atoms with Gasteiger partial charge in [-0.1, -0.05) is 48.9 Å². The topological polar surface area (TPSA) is 47.6 Å². The van der Waals surface area contributed by atoms with Gasteiger partial charge in [-0.2, -0.15) is 0 Å². The number of nitrogens with one attached hydrogen (secondary N) is 2. The number of benzene rings is 2. The number of hydrogen-bond donors (Lipinski definition) is 2. The quantitative estimate of drug-likeness (QED) is 0.456. The summed E-state index contributed by atoms with van der Waals surface area (Å²) in [7, 11) is 0. The lowest BCUT2D eigenvalue weighted by Gasteiger charge is -2.34. The number of rotatable bonds is 6. The zero-order valence-electron chi connectivity index (χ0n) is 20.9. The number of halogens is 1. The molecule has 36 heavy (non-hydrogen) atoms. The van der Waals surface area contributed by atoms with Crippen LogP contribution in [0.5, 0.6) is 0 Å². The first-order valence-corrected chi connectivity index (χ1v) is 13.5. The van der Waals surface area contributed by atoms with Crippen molar-refractivity contribution < 1.29 is 4.79 Å². The number of fused-ring (bicyclic) bond motifs is 1. The number of amides is 1. The zero-order chi connectivity index (χ0) is 25.1. The van der Waals surface area contributed by atoms with Crippen LogP contribution in [0.1, 0.15) is 48.8 Å². The normalized spacial score (nSPS) is 17.9. The van der Waals surface area contributed by atoms with Crippen LogP contribution in [0.25, 0.3) is 0 Å². The van der Waals surface area contributed by atoms with Crippen LogP contribution in [0.3, 0.4) is 0 Å². The fourth-order valence-corrected chi connectivity index (χ4v) is 5.43. The molecule has 0 aromatic heterocycles. The zero-order valence-corrected chi connectivity index (χ0v) is 22.5. The van der Waals surface area contributed by atoms with Crippen molar-refractivity contribution in [1.82, 2.24) is 15.5 Å². The Labute approximate surface area is 222 Å². The molecular weight excluding hydrogens is 512 g/mol. The SMILES string of the molecule is CCC1=C(C(=O)NCc2ccc(N3CCC(c4ccc(C)cc4)CC3)cc2)N2C=C(Br)C=CC2=CN1.